The van der Waals surface area contributed by atoms with Crippen LogP contribution in [0.5, 0.6) is 0 Å². The molecule has 156 valence electrons. The van der Waals surface area contributed by atoms with Crippen LogP contribution in [-0.2, 0) is 20.8 Å². The Bertz CT molecular complexity index is 825. The fourth-order valence-corrected chi connectivity index (χ4v) is 3.81. The highest BCUT2D eigenvalue weighted by atomic mass is 16.2. The smallest absolute Gasteiger partial charge is 0.325 e. The zero-order valence-corrected chi connectivity index (χ0v) is 17.2. The van der Waals surface area contributed by atoms with Crippen molar-refractivity contribution in [1.82, 2.24) is 25.0 Å². The average molecular weight is 401 g/mol. The largest absolute Gasteiger partial charge is 0.336 e. The lowest BCUT2D eigenvalue weighted by Gasteiger charge is -2.45. The number of nitrogens with zero attached hydrogens (tertiary/aromatic N) is 4. The van der Waals surface area contributed by atoms with Crippen LogP contribution in [0.3, 0.4) is 0 Å². The van der Waals surface area contributed by atoms with Gasteiger partial charge in [0.25, 0.3) is 5.91 Å². The molecule has 2 aliphatic rings. The van der Waals surface area contributed by atoms with E-state index in [9.17, 15) is 19.2 Å². The Kier molecular flexibility index (Phi) is 5.59. The third-order valence-electron chi connectivity index (χ3n) is 5.72. The van der Waals surface area contributed by atoms with Gasteiger partial charge in [-0.05, 0) is 39.3 Å². The molecule has 0 unspecified atom stereocenters. The Hall–Kier alpha value is -2.97. The van der Waals surface area contributed by atoms with Gasteiger partial charge in [-0.2, -0.15) is 0 Å². The van der Waals surface area contributed by atoms with Crippen LogP contribution in [0.25, 0.3) is 0 Å². The summed E-state index contributed by atoms with van der Waals surface area (Å²) in [7, 11) is 0. The van der Waals surface area contributed by atoms with Crippen molar-refractivity contribution in [1.29, 1.82) is 0 Å². The zero-order chi connectivity index (χ0) is 21.3. The molecule has 9 nitrogen and oxygen atoms in total. The Labute approximate surface area is 170 Å². The fourth-order valence-electron chi connectivity index (χ4n) is 3.81. The highest BCUT2D eigenvalue weighted by molar-refractivity contribution is 6.08. The number of rotatable bonds is 4. The number of carbonyl (C=O) groups is 4. The zero-order valence-electron chi connectivity index (χ0n) is 17.2. The number of amides is 5. The summed E-state index contributed by atoms with van der Waals surface area (Å²) in [6.45, 7) is 7.46. The van der Waals surface area contributed by atoms with E-state index in [0.717, 1.165) is 10.5 Å². The van der Waals surface area contributed by atoms with Gasteiger partial charge in [-0.15, -0.1) is 0 Å². The van der Waals surface area contributed by atoms with Crippen LogP contribution in [-0.4, -0.2) is 80.7 Å². The van der Waals surface area contributed by atoms with E-state index in [-0.39, 0.29) is 36.9 Å². The predicted molar refractivity (Wildman–Crippen MR) is 105 cm³/mol. The topological polar surface area (TPSA) is 103 Å². The maximum Gasteiger partial charge on any atom is 0.325 e. The molecule has 2 fully saturated rings. The minimum absolute atomic E-state index is 0.0136. The predicted octanol–water partition coefficient (Wildman–Crippen LogP) is 0.402. The summed E-state index contributed by atoms with van der Waals surface area (Å²) in [5.41, 5.74) is -0.162. The van der Waals surface area contributed by atoms with Gasteiger partial charge in [-0.25, -0.2) is 4.79 Å². The molecule has 5 amide bonds. The molecule has 0 bridgehead atoms. The molecule has 2 saturated heterocycles. The van der Waals surface area contributed by atoms with Gasteiger partial charge < -0.3 is 15.1 Å². The quantitative estimate of drug-likeness (QED) is 0.736. The lowest BCUT2D eigenvalue weighted by Crippen LogP contribution is -2.61. The monoisotopic (exact) mass is 401 g/mol. The summed E-state index contributed by atoms with van der Waals surface area (Å²) in [6.07, 6.45) is 3.59. The summed E-state index contributed by atoms with van der Waals surface area (Å²) in [5, 5.41) is 2.58. The highest BCUT2D eigenvalue weighted by Crippen LogP contribution is 2.21. The minimum atomic E-state index is -1.01. The van der Waals surface area contributed by atoms with Gasteiger partial charge in [-0.1, -0.05) is 6.07 Å². The van der Waals surface area contributed by atoms with Crippen molar-refractivity contribution in [2.24, 2.45) is 0 Å². The Balaban J connectivity index is 1.62. The molecule has 1 N–H and O–H groups in total. The number of piperazine rings is 1. The summed E-state index contributed by atoms with van der Waals surface area (Å²) in [4.78, 5) is 58.3. The third kappa shape index (κ3) is 4.08. The van der Waals surface area contributed by atoms with E-state index in [4.69, 9.17) is 0 Å². The molecule has 0 aliphatic carbocycles. The summed E-state index contributed by atoms with van der Waals surface area (Å²) in [6, 6.07) is 2.68. The Morgan fingerprint density at radius 1 is 1.14 bits per heavy atom. The molecule has 9 heteroatoms. The number of pyridine rings is 1. The number of nitrogens with one attached hydrogen (secondary N) is 1. The van der Waals surface area contributed by atoms with Crippen molar-refractivity contribution < 1.29 is 19.2 Å². The number of urea groups is 1. The van der Waals surface area contributed by atoms with Crippen molar-refractivity contribution in [2.45, 2.75) is 51.7 Å². The summed E-state index contributed by atoms with van der Waals surface area (Å²) >= 11 is 0. The van der Waals surface area contributed by atoms with Gasteiger partial charge in [0, 0.05) is 37.6 Å². The first kappa shape index (κ1) is 20.8. The summed E-state index contributed by atoms with van der Waals surface area (Å²) < 4.78 is 0. The molecule has 2 aliphatic heterocycles. The fraction of sp³-hybridized carbons (Fsp3) is 0.550. The van der Waals surface area contributed by atoms with E-state index in [2.05, 4.69) is 10.3 Å². The van der Waals surface area contributed by atoms with Crippen LogP contribution in [0.4, 0.5) is 4.79 Å². The first-order valence-corrected chi connectivity index (χ1v) is 9.74. The lowest BCUT2D eigenvalue weighted by molar-refractivity contribution is -0.147. The molecule has 0 saturated carbocycles. The number of aromatic nitrogens is 1. The Morgan fingerprint density at radius 3 is 2.28 bits per heavy atom. The van der Waals surface area contributed by atoms with Crippen molar-refractivity contribution in [3.05, 3.63) is 30.1 Å². The second-order valence-corrected chi connectivity index (χ2v) is 8.14. The molecule has 3 heterocycles. The van der Waals surface area contributed by atoms with E-state index in [1.165, 1.54) is 0 Å². The van der Waals surface area contributed by atoms with Crippen LogP contribution in [0.15, 0.2) is 24.5 Å². The molecule has 0 radical (unpaired) electrons. The molecular weight excluding hydrogens is 374 g/mol. The van der Waals surface area contributed by atoms with E-state index in [1.54, 1.807) is 42.1 Å². The van der Waals surface area contributed by atoms with E-state index < -0.39 is 17.5 Å². The second kappa shape index (κ2) is 7.81. The first-order chi connectivity index (χ1) is 13.6. The van der Waals surface area contributed by atoms with E-state index >= 15 is 0 Å². The van der Waals surface area contributed by atoms with Crippen LogP contribution in [0, 0.1) is 0 Å². The van der Waals surface area contributed by atoms with Crippen molar-refractivity contribution in [2.75, 3.05) is 19.6 Å². The van der Waals surface area contributed by atoms with Gasteiger partial charge in [0.2, 0.25) is 11.8 Å². The van der Waals surface area contributed by atoms with Crippen LogP contribution in [0.2, 0.25) is 0 Å². The maximum atomic E-state index is 12.8. The van der Waals surface area contributed by atoms with Crippen molar-refractivity contribution in [3.8, 4) is 0 Å². The number of imide groups is 1. The number of hydrogen-bond acceptors (Lipinski definition) is 5. The molecule has 2 atom stereocenters. The molecule has 3 rings (SSSR count). The van der Waals surface area contributed by atoms with E-state index in [0.29, 0.717) is 13.1 Å². The summed E-state index contributed by atoms with van der Waals surface area (Å²) in [5.74, 6) is -0.730. The lowest BCUT2D eigenvalue weighted by atomic mass is 10.0. The first-order valence-electron chi connectivity index (χ1n) is 9.74. The van der Waals surface area contributed by atoms with Crippen LogP contribution >= 0.6 is 0 Å². The third-order valence-corrected chi connectivity index (χ3v) is 5.72. The number of carbonyl (C=O) groups excluding carboxylic acids is 4. The van der Waals surface area contributed by atoms with Gasteiger partial charge >= 0.3 is 6.03 Å². The molecule has 0 spiro atoms. The minimum Gasteiger partial charge on any atom is -0.336 e. The van der Waals surface area contributed by atoms with Crippen molar-refractivity contribution >= 4 is 23.8 Å². The van der Waals surface area contributed by atoms with Gasteiger partial charge in [0.1, 0.15) is 12.1 Å². The van der Waals surface area contributed by atoms with E-state index in [1.807, 2.05) is 19.9 Å². The second-order valence-electron chi connectivity index (χ2n) is 8.14. The number of hydrogen-bond donors (Lipinski definition) is 1. The van der Waals surface area contributed by atoms with Crippen LogP contribution < -0.4 is 5.32 Å². The molecule has 1 aromatic heterocycles. The Morgan fingerprint density at radius 2 is 1.76 bits per heavy atom. The highest BCUT2D eigenvalue weighted by Gasteiger charge is 2.46. The molecular formula is C20H27N5O4. The standard InChI is InChI=1S/C20H27N5O4/c1-13-14(2)24(17(27)12-25-18(28)20(3,4)22-19(25)29)9-8-23(13)16(26)10-15-6-5-7-21-11-15/h5-7,11,13-14H,8-10,12H2,1-4H3,(H,22,29)/t13-,14-/m1/s1. The van der Waals surface area contributed by atoms with Crippen LogP contribution in [0.1, 0.15) is 33.3 Å². The maximum absolute atomic E-state index is 12.8. The van der Waals surface area contributed by atoms with Gasteiger partial charge in [0.15, 0.2) is 0 Å². The van der Waals surface area contributed by atoms with Gasteiger partial charge in [-0.3, -0.25) is 24.3 Å². The normalized spacial score (nSPS) is 23.9. The molecule has 0 aromatic carbocycles. The SMILES string of the molecule is C[C@@H]1[C@@H](C)N(C(=O)CN2C(=O)NC(C)(C)C2=O)CCN1C(=O)Cc1cccnc1. The van der Waals surface area contributed by atoms with Gasteiger partial charge in [0.05, 0.1) is 6.42 Å². The van der Waals surface area contributed by atoms with Crippen molar-refractivity contribution in [3.63, 3.8) is 0 Å². The average Bonchev–Trinajstić information content (AvgIpc) is 2.86. The molecule has 29 heavy (non-hydrogen) atoms. The molecule has 1 aromatic rings.